The molecule has 0 unspecified atom stereocenters. The zero-order valence-corrected chi connectivity index (χ0v) is 24.5. The van der Waals surface area contributed by atoms with Gasteiger partial charge >= 0.3 is 0 Å². The maximum atomic E-state index is 15.1. The van der Waals surface area contributed by atoms with E-state index in [4.69, 9.17) is 10.5 Å². The fraction of sp³-hybridized carbons (Fsp3) is 0.333. The Morgan fingerprint density at radius 2 is 1.80 bits per heavy atom. The van der Waals surface area contributed by atoms with Gasteiger partial charge in [0, 0.05) is 55.3 Å². The van der Waals surface area contributed by atoms with Crippen LogP contribution in [0.2, 0.25) is 0 Å². The van der Waals surface area contributed by atoms with Crippen LogP contribution in [0.4, 0.5) is 8.78 Å². The zero-order valence-electron chi connectivity index (χ0n) is 24.5. The number of nitrogens with zero attached hydrogens (tertiary/aromatic N) is 3. The molecule has 2 aromatic heterocycles. The number of ether oxygens (including phenoxy) is 1. The van der Waals surface area contributed by atoms with Crippen LogP contribution in [0, 0.1) is 17.0 Å². The Kier molecular flexibility index (Phi) is 9.55. The van der Waals surface area contributed by atoms with E-state index in [1.807, 2.05) is 54.0 Å². The van der Waals surface area contributed by atoms with E-state index < -0.39 is 11.6 Å². The van der Waals surface area contributed by atoms with Crippen molar-refractivity contribution in [2.45, 2.75) is 53.6 Å². The van der Waals surface area contributed by atoms with Gasteiger partial charge in [0.15, 0.2) is 11.6 Å². The Morgan fingerprint density at radius 3 is 2.51 bits per heavy atom. The predicted molar refractivity (Wildman–Crippen MR) is 162 cm³/mol. The Balaban J connectivity index is 1.57. The molecule has 0 amide bonds. The second kappa shape index (κ2) is 13.1. The molecular formula is C33H39F2N5O. The van der Waals surface area contributed by atoms with Crippen molar-refractivity contribution in [3.05, 3.63) is 101 Å². The summed E-state index contributed by atoms with van der Waals surface area (Å²) < 4.78 is 37.4. The van der Waals surface area contributed by atoms with Crippen molar-refractivity contribution in [3.8, 4) is 16.9 Å². The van der Waals surface area contributed by atoms with Crippen molar-refractivity contribution in [1.82, 2.24) is 14.7 Å². The second-order valence-corrected chi connectivity index (χ2v) is 11.4. The third-order valence-corrected chi connectivity index (χ3v) is 6.90. The number of benzene rings is 2. The molecule has 41 heavy (non-hydrogen) atoms. The molecular weight excluding hydrogens is 520 g/mol. The van der Waals surface area contributed by atoms with Gasteiger partial charge in [-0.25, -0.2) is 9.37 Å². The van der Waals surface area contributed by atoms with Crippen molar-refractivity contribution in [1.29, 1.82) is 0 Å². The van der Waals surface area contributed by atoms with E-state index in [1.165, 1.54) is 5.56 Å². The first-order valence-electron chi connectivity index (χ1n) is 13.8. The number of halogens is 2. The largest absolute Gasteiger partial charge is 0.489 e. The molecule has 0 radical (unpaired) electrons. The van der Waals surface area contributed by atoms with E-state index >= 15 is 4.39 Å². The van der Waals surface area contributed by atoms with Gasteiger partial charge in [0.25, 0.3) is 0 Å². The molecule has 3 N–H and O–H groups in total. The van der Waals surface area contributed by atoms with Gasteiger partial charge in [-0.1, -0.05) is 51.1 Å². The molecule has 0 aliphatic rings. The lowest BCUT2D eigenvalue weighted by molar-refractivity contribution is 0.300. The van der Waals surface area contributed by atoms with Crippen molar-refractivity contribution in [3.63, 3.8) is 0 Å². The molecule has 0 aliphatic carbocycles. The van der Waals surface area contributed by atoms with Crippen molar-refractivity contribution in [2.75, 3.05) is 13.7 Å². The summed E-state index contributed by atoms with van der Waals surface area (Å²) >= 11 is 0. The Labute approximate surface area is 241 Å². The number of allylic oxidation sites excluding steroid dienone is 1. The summed E-state index contributed by atoms with van der Waals surface area (Å²) in [5.41, 5.74) is 12.9. The fourth-order valence-corrected chi connectivity index (χ4v) is 4.79. The minimum atomic E-state index is -1.02. The standard InChI is InChI=1S/C33H39F2N5O/c1-22(37-5)26(29(36)17-33(2,3)4)15-16-41-32-27(12-13-28(34)31(32)35)24-11-14-30-39-20-25(40(30)21-24)19-38-18-23-9-7-6-8-10-23/h6-14,20-21,38H,15-19,36H2,1-5H3/b29-26-,37-22?. The first-order valence-corrected chi connectivity index (χ1v) is 13.8. The van der Waals surface area contributed by atoms with Gasteiger partial charge in [0.1, 0.15) is 5.65 Å². The number of hydrogen-bond acceptors (Lipinski definition) is 5. The lowest BCUT2D eigenvalue weighted by Gasteiger charge is -2.21. The van der Waals surface area contributed by atoms with Gasteiger partial charge in [0.05, 0.1) is 18.5 Å². The molecule has 0 bridgehead atoms. The number of nitrogens with one attached hydrogen (secondary N) is 1. The number of fused-ring (bicyclic) bond motifs is 1. The Bertz CT molecular complexity index is 1550. The Morgan fingerprint density at radius 1 is 1.05 bits per heavy atom. The Hall–Kier alpha value is -4.04. The van der Waals surface area contributed by atoms with E-state index in [0.29, 0.717) is 37.1 Å². The summed E-state index contributed by atoms with van der Waals surface area (Å²) in [5.74, 6) is -2.12. The molecule has 2 heterocycles. The lowest BCUT2D eigenvalue weighted by Crippen LogP contribution is -2.18. The number of aromatic nitrogens is 2. The van der Waals surface area contributed by atoms with E-state index in [2.05, 4.69) is 48.2 Å². The van der Waals surface area contributed by atoms with Crippen LogP contribution in [-0.2, 0) is 13.1 Å². The van der Waals surface area contributed by atoms with Crippen LogP contribution in [0.5, 0.6) is 5.75 Å². The van der Waals surface area contributed by atoms with Crippen LogP contribution >= 0.6 is 0 Å². The van der Waals surface area contributed by atoms with Crippen LogP contribution in [0.3, 0.4) is 0 Å². The molecule has 0 aliphatic heterocycles. The van der Waals surface area contributed by atoms with E-state index in [-0.39, 0.29) is 17.8 Å². The molecule has 6 nitrogen and oxygen atoms in total. The van der Waals surface area contributed by atoms with E-state index in [9.17, 15) is 4.39 Å². The van der Waals surface area contributed by atoms with Gasteiger partial charge in [0.2, 0.25) is 5.82 Å². The number of aliphatic imine (C=N–C) groups is 1. The highest BCUT2D eigenvalue weighted by Crippen LogP contribution is 2.35. The maximum Gasteiger partial charge on any atom is 0.201 e. The molecule has 8 heteroatoms. The zero-order chi connectivity index (χ0) is 29.6. The van der Waals surface area contributed by atoms with Crippen molar-refractivity contribution < 1.29 is 13.5 Å². The van der Waals surface area contributed by atoms with Crippen molar-refractivity contribution in [2.24, 2.45) is 16.1 Å². The van der Waals surface area contributed by atoms with Gasteiger partial charge < -0.3 is 20.2 Å². The van der Waals surface area contributed by atoms with Gasteiger partial charge in [-0.05, 0) is 54.2 Å². The van der Waals surface area contributed by atoms with Crippen molar-refractivity contribution >= 4 is 11.4 Å². The summed E-state index contributed by atoms with van der Waals surface area (Å²) in [6, 6.07) is 16.5. The third kappa shape index (κ3) is 7.58. The molecule has 0 saturated carbocycles. The van der Waals surface area contributed by atoms with Crippen LogP contribution in [0.15, 0.2) is 83.3 Å². The highest BCUT2D eigenvalue weighted by atomic mass is 19.2. The highest BCUT2D eigenvalue weighted by Gasteiger charge is 2.20. The minimum Gasteiger partial charge on any atom is -0.489 e. The summed E-state index contributed by atoms with van der Waals surface area (Å²) in [5, 5.41) is 3.44. The topological polar surface area (TPSA) is 76.9 Å². The average Bonchev–Trinajstić information content (AvgIpc) is 3.34. The highest BCUT2D eigenvalue weighted by molar-refractivity contribution is 5.98. The van der Waals surface area contributed by atoms with Crippen LogP contribution < -0.4 is 15.8 Å². The number of rotatable bonds is 11. The molecule has 2 aromatic carbocycles. The summed E-state index contributed by atoms with van der Waals surface area (Å²) in [6.07, 6.45) is 4.79. The first-order chi connectivity index (χ1) is 19.6. The molecule has 0 saturated heterocycles. The van der Waals surface area contributed by atoms with Gasteiger partial charge in [-0.2, -0.15) is 4.39 Å². The average molecular weight is 560 g/mol. The van der Waals surface area contributed by atoms with Crippen LogP contribution in [-0.4, -0.2) is 28.8 Å². The summed E-state index contributed by atoms with van der Waals surface area (Å²) in [4.78, 5) is 8.81. The maximum absolute atomic E-state index is 15.1. The summed E-state index contributed by atoms with van der Waals surface area (Å²) in [7, 11) is 1.71. The molecule has 4 rings (SSSR count). The van der Waals surface area contributed by atoms with Gasteiger partial charge in [-0.15, -0.1) is 0 Å². The smallest absolute Gasteiger partial charge is 0.201 e. The monoisotopic (exact) mass is 559 g/mol. The summed E-state index contributed by atoms with van der Waals surface area (Å²) in [6.45, 7) is 9.65. The molecule has 4 aromatic rings. The molecule has 0 fully saturated rings. The number of hydrogen-bond donors (Lipinski definition) is 2. The third-order valence-electron chi connectivity index (χ3n) is 6.90. The van der Waals surface area contributed by atoms with Gasteiger partial charge in [-0.3, -0.25) is 4.99 Å². The normalized spacial score (nSPS) is 13.0. The SMILES string of the molecule is CN=C(C)/C(CCOc1c(-c2ccc3ncc(CNCc4ccccc4)n3c2)ccc(F)c1F)=C(\N)CC(C)(C)C. The minimum absolute atomic E-state index is 0.00602. The van der Waals surface area contributed by atoms with E-state index in [1.54, 1.807) is 13.1 Å². The predicted octanol–water partition coefficient (Wildman–Crippen LogP) is 7.08. The molecule has 0 atom stereocenters. The fourth-order valence-electron chi connectivity index (χ4n) is 4.79. The second-order valence-electron chi connectivity index (χ2n) is 11.4. The number of pyridine rings is 1. The van der Waals surface area contributed by atoms with Crippen LogP contribution in [0.25, 0.3) is 16.8 Å². The van der Waals surface area contributed by atoms with E-state index in [0.717, 1.165) is 34.4 Å². The molecule has 216 valence electrons. The number of imidazole rings is 1. The van der Waals surface area contributed by atoms with Crippen LogP contribution in [0.1, 0.15) is 51.8 Å². The quantitative estimate of drug-likeness (QED) is 0.193. The lowest BCUT2D eigenvalue weighted by atomic mass is 9.88. The first kappa shape index (κ1) is 29.9. The molecule has 0 spiro atoms. The number of nitrogens with two attached hydrogens (primary N) is 1.